The van der Waals surface area contributed by atoms with Gasteiger partial charge in [0.1, 0.15) is 0 Å². The van der Waals surface area contributed by atoms with E-state index in [2.05, 4.69) is 31.1 Å². The first kappa shape index (κ1) is 11.0. The summed E-state index contributed by atoms with van der Waals surface area (Å²) in [5, 5.41) is 3.24. The number of nitrogens with zero attached hydrogens (tertiary/aromatic N) is 1. The van der Waals surface area contributed by atoms with E-state index in [1.807, 2.05) is 0 Å². The molecule has 1 saturated heterocycles. The molecule has 1 heterocycles. The molecule has 3 nitrogen and oxygen atoms in total. The van der Waals surface area contributed by atoms with Crippen molar-refractivity contribution in [1.29, 1.82) is 0 Å². The molecule has 0 radical (unpaired) electrons. The van der Waals surface area contributed by atoms with Crippen LogP contribution >= 0.6 is 0 Å². The van der Waals surface area contributed by atoms with Gasteiger partial charge in [0, 0.05) is 19.8 Å². The van der Waals surface area contributed by atoms with Crippen molar-refractivity contribution < 1.29 is 0 Å². The van der Waals surface area contributed by atoms with Crippen LogP contribution in [0.2, 0.25) is 0 Å². The third kappa shape index (κ3) is 2.93. The zero-order valence-corrected chi connectivity index (χ0v) is 9.14. The molecule has 0 aromatic rings. The molecule has 1 aliphatic rings. The lowest BCUT2D eigenvalue weighted by Gasteiger charge is -2.31. The Bertz CT molecular complexity index is 156. The lowest BCUT2D eigenvalue weighted by Crippen LogP contribution is -2.38. The van der Waals surface area contributed by atoms with Crippen LogP contribution in [0.1, 0.15) is 20.3 Å². The molecular weight excluding hydrogens is 162 g/mol. The third-order valence-electron chi connectivity index (χ3n) is 3.22. The van der Waals surface area contributed by atoms with Gasteiger partial charge in [0.2, 0.25) is 0 Å². The number of likely N-dealkylation sites (tertiary alicyclic amines) is 1. The second-order valence-electron chi connectivity index (χ2n) is 4.87. The van der Waals surface area contributed by atoms with E-state index in [0.29, 0.717) is 12.1 Å². The summed E-state index contributed by atoms with van der Waals surface area (Å²) in [5.41, 5.74) is 5.82. The summed E-state index contributed by atoms with van der Waals surface area (Å²) in [5.74, 6) is 0.816. The first-order valence-electron chi connectivity index (χ1n) is 5.15. The van der Waals surface area contributed by atoms with Gasteiger partial charge in [0.25, 0.3) is 0 Å². The molecule has 0 aromatic carbocycles. The summed E-state index contributed by atoms with van der Waals surface area (Å²) < 4.78 is 0. The summed E-state index contributed by atoms with van der Waals surface area (Å²) in [6.07, 6.45) is 1.33. The predicted octanol–water partition coefficient (Wildman–Crippen LogP) is 0.470. The first-order chi connectivity index (χ1) is 6.06. The Morgan fingerprint density at radius 2 is 2.23 bits per heavy atom. The van der Waals surface area contributed by atoms with Crippen molar-refractivity contribution in [3.63, 3.8) is 0 Å². The number of hydrogen-bond donors (Lipinski definition) is 2. The monoisotopic (exact) mass is 185 g/mol. The van der Waals surface area contributed by atoms with Crippen molar-refractivity contribution in [3.8, 4) is 0 Å². The summed E-state index contributed by atoms with van der Waals surface area (Å²) in [6, 6.07) is 0. The highest BCUT2D eigenvalue weighted by Crippen LogP contribution is 2.32. The zero-order valence-electron chi connectivity index (χ0n) is 9.14. The number of rotatable bonds is 4. The van der Waals surface area contributed by atoms with Crippen LogP contribution in [0.15, 0.2) is 0 Å². The van der Waals surface area contributed by atoms with E-state index in [-0.39, 0.29) is 0 Å². The molecule has 78 valence electrons. The molecule has 1 atom stereocenters. The molecule has 0 spiro atoms. The first-order valence-corrected chi connectivity index (χ1v) is 5.15. The summed E-state index contributed by atoms with van der Waals surface area (Å²) in [7, 11) is 2.20. The van der Waals surface area contributed by atoms with Gasteiger partial charge >= 0.3 is 0 Å². The predicted molar refractivity (Wildman–Crippen MR) is 56.4 cm³/mol. The van der Waals surface area contributed by atoms with Crippen LogP contribution in [0.5, 0.6) is 0 Å². The maximum absolute atomic E-state index is 5.44. The van der Waals surface area contributed by atoms with Crippen LogP contribution < -0.4 is 11.1 Å². The Kier molecular flexibility index (Phi) is 3.71. The van der Waals surface area contributed by atoms with Crippen LogP contribution in [-0.2, 0) is 0 Å². The average Bonchev–Trinajstić information content (AvgIpc) is 2.49. The maximum Gasteiger partial charge on any atom is 0.0428 e. The molecular formula is C10H23N3. The van der Waals surface area contributed by atoms with Gasteiger partial charge in [-0.05, 0) is 31.3 Å². The Morgan fingerprint density at radius 1 is 1.54 bits per heavy atom. The molecule has 0 amide bonds. The van der Waals surface area contributed by atoms with Crippen molar-refractivity contribution in [1.82, 2.24) is 10.2 Å². The summed E-state index contributed by atoms with van der Waals surface area (Å²) in [4.78, 5) is 2.41. The second kappa shape index (κ2) is 4.40. The minimum atomic E-state index is 0.379. The number of nitrogens with two attached hydrogens (primary N) is 1. The van der Waals surface area contributed by atoms with E-state index in [9.17, 15) is 0 Å². The molecule has 0 aliphatic carbocycles. The molecule has 1 unspecified atom stereocenters. The van der Waals surface area contributed by atoms with Crippen molar-refractivity contribution in [2.45, 2.75) is 20.3 Å². The van der Waals surface area contributed by atoms with Gasteiger partial charge in [0.15, 0.2) is 0 Å². The van der Waals surface area contributed by atoms with Gasteiger partial charge in [-0.1, -0.05) is 13.8 Å². The highest BCUT2D eigenvalue weighted by molar-refractivity contribution is 4.86. The highest BCUT2D eigenvalue weighted by Gasteiger charge is 2.33. The van der Waals surface area contributed by atoms with E-state index in [1.54, 1.807) is 0 Å². The fourth-order valence-electron chi connectivity index (χ4n) is 2.11. The average molecular weight is 185 g/mol. The van der Waals surface area contributed by atoms with E-state index >= 15 is 0 Å². The lowest BCUT2D eigenvalue weighted by molar-refractivity contribution is 0.207. The van der Waals surface area contributed by atoms with Gasteiger partial charge in [-0.15, -0.1) is 0 Å². The minimum Gasteiger partial charge on any atom is -0.318 e. The SMILES string of the molecule is CN1CCC(C(C)(C)CNCN)C1. The van der Waals surface area contributed by atoms with Crippen LogP contribution in [0.3, 0.4) is 0 Å². The molecule has 1 aliphatic heterocycles. The van der Waals surface area contributed by atoms with Gasteiger partial charge < -0.3 is 16.0 Å². The fraction of sp³-hybridized carbons (Fsp3) is 1.00. The van der Waals surface area contributed by atoms with Crippen LogP contribution in [0.4, 0.5) is 0 Å². The number of hydrogen-bond acceptors (Lipinski definition) is 3. The Labute approximate surface area is 81.7 Å². The second-order valence-corrected chi connectivity index (χ2v) is 4.87. The third-order valence-corrected chi connectivity index (χ3v) is 3.22. The summed E-state index contributed by atoms with van der Waals surface area (Å²) in [6.45, 7) is 8.77. The lowest BCUT2D eigenvalue weighted by atomic mass is 9.78. The summed E-state index contributed by atoms with van der Waals surface area (Å²) >= 11 is 0. The molecule has 1 fully saturated rings. The van der Waals surface area contributed by atoms with E-state index in [0.717, 1.165) is 12.5 Å². The minimum absolute atomic E-state index is 0.379. The smallest absolute Gasteiger partial charge is 0.0428 e. The van der Waals surface area contributed by atoms with Crippen LogP contribution in [-0.4, -0.2) is 38.3 Å². The van der Waals surface area contributed by atoms with Gasteiger partial charge in [-0.25, -0.2) is 0 Å². The van der Waals surface area contributed by atoms with Gasteiger partial charge in [-0.2, -0.15) is 0 Å². The molecule has 1 rings (SSSR count). The normalized spacial score (nSPS) is 25.4. The molecule has 13 heavy (non-hydrogen) atoms. The fourth-order valence-corrected chi connectivity index (χ4v) is 2.11. The van der Waals surface area contributed by atoms with Crippen molar-refractivity contribution in [3.05, 3.63) is 0 Å². The standard InChI is InChI=1S/C10H23N3/c1-10(2,7-12-8-11)9-4-5-13(3)6-9/h9,12H,4-8,11H2,1-3H3. The van der Waals surface area contributed by atoms with Gasteiger partial charge in [0.05, 0.1) is 0 Å². The van der Waals surface area contributed by atoms with Gasteiger partial charge in [-0.3, -0.25) is 0 Å². The molecule has 0 bridgehead atoms. The zero-order chi connectivity index (χ0) is 9.90. The molecule has 0 saturated carbocycles. The quantitative estimate of drug-likeness (QED) is 0.626. The van der Waals surface area contributed by atoms with E-state index in [1.165, 1.54) is 19.5 Å². The highest BCUT2D eigenvalue weighted by atomic mass is 15.1. The maximum atomic E-state index is 5.44. The molecule has 3 N–H and O–H groups in total. The largest absolute Gasteiger partial charge is 0.318 e. The Hall–Kier alpha value is -0.120. The Morgan fingerprint density at radius 3 is 2.69 bits per heavy atom. The van der Waals surface area contributed by atoms with Crippen LogP contribution in [0, 0.1) is 11.3 Å². The Balaban J connectivity index is 2.39. The van der Waals surface area contributed by atoms with Crippen molar-refractivity contribution >= 4 is 0 Å². The molecule has 0 aromatic heterocycles. The molecule has 3 heteroatoms. The van der Waals surface area contributed by atoms with E-state index < -0.39 is 0 Å². The number of nitrogens with one attached hydrogen (secondary N) is 1. The van der Waals surface area contributed by atoms with Crippen LogP contribution in [0.25, 0.3) is 0 Å². The topological polar surface area (TPSA) is 41.3 Å². The van der Waals surface area contributed by atoms with E-state index in [4.69, 9.17) is 5.73 Å². The van der Waals surface area contributed by atoms with Crippen molar-refractivity contribution in [2.24, 2.45) is 17.1 Å². The van der Waals surface area contributed by atoms with Crippen molar-refractivity contribution in [2.75, 3.05) is 33.4 Å².